The zero-order valence-corrected chi connectivity index (χ0v) is 11.5. The molecule has 2 aliphatic rings. The van der Waals surface area contributed by atoms with Crippen LogP contribution in [0.1, 0.15) is 52.9 Å². The molecule has 0 aromatic rings. The van der Waals surface area contributed by atoms with E-state index in [-0.39, 0.29) is 11.9 Å². The smallest absolute Gasteiger partial charge is 0.309 e. The number of carbonyl (C=O) groups is 1. The minimum absolute atomic E-state index is 0.0410. The van der Waals surface area contributed by atoms with E-state index in [0.29, 0.717) is 5.92 Å². The van der Waals surface area contributed by atoms with Crippen LogP contribution in [0.2, 0.25) is 0 Å². The minimum Gasteiger partial charge on any atom is -0.454 e. The van der Waals surface area contributed by atoms with Crippen LogP contribution in [0.15, 0.2) is 11.3 Å². The van der Waals surface area contributed by atoms with Crippen molar-refractivity contribution in [3.63, 3.8) is 0 Å². The second-order valence-corrected chi connectivity index (χ2v) is 5.76. The number of hydrogen-bond acceptors (Lipinski definition) is 4. The lowest BCUT2D eigenvalue weighted by Gasteiger charge is -2.49. The summed E-state index contributed by atoms with van der Waals surface area (Å²) in [6, 6.07) is 0. The Morgan fingerprint density at radius 3 is 2.83 bits per heavy atom. The summed E-state index contributed by atoms with van der Waals surface area (Å²) in [5, 5.41) is 0. The van der Waals surface area contributed by atoms with Crippen LogP contribution >= 0.6 is 0 Å². The zero-order valence-electron chi connectivity index (χ0n) is 11.5. The van der Waals surface area contributed by atoms with Gasteiger partial charge in [0.05, 0.1) is 5.92 Å². The van der Waals surface area contributed by atoms with Crippen LogP contribution in [0.3, 0.4) is 0 Å². The number of allylic oxidation sites excluding steroid dienone is 1. The predicted octanol–water partition coefficient (Wildman–Crippen LogP) is 2.68. The van der Waals surface area contributed by atoms with E-state index in [1.807, 2.05) is 13.8 Å². The van der Waals surface area contributed by atoms with Crippen molar-refractivity contribution in [1.29, 1.82) is 0 Å². The molecule has 4 nitrogen and oxygen atoms in total. The maximum absolute atomic E-state index is 12.0. The molecular weight excluding hydrogens is 230 g/mol. The Kier molecular flexibility index (Phi) is 3.66. The van der Waals surface area contributed by atoms with E-state index >= 15 is 0 Å². The van der Waals surface area contributed by atoms with Crippen molar-refractivity contribution in [1.82, 2.24) is 0 Å². The Morgan fingerprint density at radius 1 is 1.61 bits per heavy atom. The molecule has 0 bridgehead atoms. The molecule has 2 rings (SSSR count). The average Bonchev–Trinajstić information content (AvgIpc) is 2.33. The van der Waals surface area contributed by atoms with Crippen LogP contribution in [0.5, 0.6) is 0 Å². The van der Waals surface area contributed by atoms with Gasteiger partial charge in [0, 0.05) is 12.0 Å². The Labute approximate surface area is 108 Å². The van der Waals surface area contributed by atoms with Crippen molar-refractivity contribution >= 4 is 5.97 Å². The summed E-state index contributed by atoms with van der Waals surface area (Å²) in [6.45, 7) is 6.06. The van der Waals surface area contributed by atoms with Gasteiger partial charge in [-0.15, -0.1) is 0 Å². The molecule has 0 heterocycles. The third-order valence-electron chi connectivity index (χ3n) is 4.33. The van der Waals surface area contributed by atoms with Gasteiger partial charge in [-0.2, -0.15) is 5.90 Å². The van der Waals surface area contributed by atoms with Gasteiger partial charge in [-0.25, -0.2) is 0 Å². The van der Waals surface area contributed by atoms with E-state index < -0.39 is 5.60 Å². The summed E-state index contributed by atoms with van der Waals surface area (Å²) in [6.07, 6.45) is 4.41. The van der Waals surface area contributed by atoms with Crippen LogP contribution in [-0.4, -0.2) is 11.6 Å². The molecule has 0 aliphatic heterocycles. The van der Waals surface area contributed by atoms with E-state index in [2.05, 4.69) is 6.92 Å². The van der Waals surface area contributed by atoms with E-state index in [0.717, 1.165) is 43.4 Å². The molecule has 0 aromatic heterocycles. The molecule has 4 heteroatoms. The lowest BCUT2D eigenvalue weighted by atomic mass is 9.65. The lowest BCUT2D eigenvalue weighted by molar-refractivity contribution is -0.169. The van der Waals surface area contributed by atoms with Crippen molar-refractivity contribution in [2.45, 2.75) is 58.5 Å². The third kappa shape index (κ3) is 2.14. The van der Waals surface area contributed by atoms with Crippen LogP contribution in [-0.2, 0) is 14.4 Å². The monoisotopic (exact) mass is 253 g/mol. The van der Waals surface area contributed by atoms with Gasteiger partial charge >= 0.3 is 5.97 Å². The summed E-state index contributed by atoms with van der Waals surface area (Å²) in [4.78, 5) is 17.0. The predicted molar refractivity (Wildman–Crippen MR) is 68.2 cm³/mol. The molecule has 3 atom stereocenters. The first kappa shape index (κ1) is 13.4. The van der Waals surface area contributed by atoms with Crippen molar-refractivity contribution in [2.75, 3.05) is 0 Å². The van der Waals surface area contributed by atoms with Crippen molar-refractivity contribution in [3.8, 4) is 0 Å². The Hall–Kier alpha value is -1.03. The highest BCUT2D eigenvalue weighted by Crippen LogP contribution is 2.52. The SMILES string of the molecule is CC[C@@H](C)C(=O)OC12CCC1=C(ON)CC(C)C2. The highest BCUT2D eigenvalue weighted by atomic mass is 16.6. The first-order chi connectivity index (χ1) is 8.52. The molecule has 0 amide bonds. The normalized spacial score (nSPS) is 32.3. The number of rotatable bonds is 4. The highest BCUT2D eigenvalue weighted by molar-refractivity contribution is 5.73. The van der Waals surface area contributed by atoms with Gasteiger partial charge in [-0.1, -0.05) is 20.8 Å². The van der Waals surface area contributed by atoms with Gasteiger partial charge in [0.15, 0.2) is 0 Å². The summed E-state index contributed by atoms with van der Waals surface area (Å²) in [5.74, 6) is 6.46. The van der Waals surface area contributed by atoms with Crippen LogP contribution in [0.4, 0.5) is 0 Å². The Morgan fingerprint density at radius 2 is 2.33 bits per heavy atom. The maximum atomic E-state index is 12.0. The van der Waals surface area contributed by atoms with Gasteiger partial charge < -0.3 is 9.57 Å². The first-order valence-electron chi connectivity index (χ1n) is 6.84. The molecule has 0 aromatic carbocycles. The molecule has 102 valence electrons. The quantitative estimate of drug-likeness (QED) is 0.618. The second-order valence-electron chi connectivity index (χ2n) is 5.76. The Balaban J connectivity index is 2.17. The number of hydrogen-bond donors (Lipinski definition) is 1. The molecule has 2 N–H and O–H groups in total. The number of esters is 1. The molecule has 18 heavy (non-hydrogen) atoms. The zero-order chi connectivity index (χ0) is 13.3. The van der Waals surface area contributed by atoms with Gasteiger partial charge in [-0.3, -0.25) is 4.79 Å². The van der Waals surface area contributed by atoms with Gasteiger partial charge in [0.25, 0.3) is 0 Å². The average molecular weight is 253 g/mol. The highest BCUT2D eigenvalue weighted by Gasteiger charge is 2.51. The van der Waals surface area contributed by atoms with Gasteiger partial charge in [-0.05, 0) is 31.6 Å². The summed E-state index contributed by atoms with van der Waals surface area (Å²) in [5.41, 5.74) is 0.701. The fraction of sp³-hybridized carbons (Fsp3) is 0.786. The molecule has 2 unspecified atom stereocenters. The fourth-order valence-electron chi connectivity index (χ4n) is 2.96. The fourth-order valence-corrected chi connectivity index (χ4v) is 2.96. The summed E-state index contributed by atoms with van der Waals surface area (Å²) in [7, 11) is 0. The third-order valence-corrected chi connectivity index (χ3v) is 4.33. The number of ether oxygens (including phenoxy) is 1. The molecule has 2 aliphatic carbocycles. The molecule has 0 saturated heterocycles. The van der Waals surface area contributed by atoms with Gasteiger partial charge in [0.2, 0.25) is 0 Å². The van der Waals surface area contributed by atoms with E-state index in [1.54, 1.807) is 0 Å². The first-order valence-corrected chi connectivity index (χ1v) is 6.84. The molecule has 0 spiro atoms. The van der Waals surface area contributed by atoms with Crippen LogP contribution in [0, 0.1) is 11.8 Å². The van der Waals surface area contributed by atoms with E-state index in [4.69, 9.17) is 15.5 Å². The number of fused-ring (bicyclic) bond motifs is 1. The summed E-state index contributed by atoms with van der Waals surface area (Å²) >= 11 is 0. The number of nitrogens with two attached hydrogens (primary N) is 1. The molecule has 0 radical (unpaired) electrons. The standard InChI is InChI=1S/C14H23NO3/c1-4-10(3)13(16)17-14-6-5-11(14)12(18-15)7-9(2)8-14/h9-10H,4-8,15H2,1-3H3/t9?,10-,14?/m1/s1. The topological polar surface area (TPSA) is 61.5 Å². The van der Waals surface area contributed by atoms with Crippen molar-refractivity contribution in [2.24, 2.45) is 17.7 Å². The van der Waals surface area contributed by atoms with Crippen LogP contribution in [0.25, 0.3) is 0 Å². The molecule has 1 saturated carbocycles. The maximum Gasteiger partial charge on any atom is 0.309 e. The number of carbonyl (C=O) groups excluding carboxylic acids is 1. The lowest BCUT2D eigenvalue weighted by Crippen LogP contribution is -2.50. The van der Waals surface area contributed by atoms with E-state index in [1.165, 1.54) is 0 Å². The van der Waals surface area contributed by atoms with Gasteiger partial charge in [0.1, 0.15) is 11.4 Å². The van der Waals surface area contributed by atoms with Crippen LogP contribution < -0.4 is 5.90 Å². The van der Waals surface area contributed by atoms with E-state index in [9.17, 15) is 4.79 Å². The van der Waals surface area contributed by atoms with Crippen molar-refractivity contribution < 1.29 is 14.4 Å². The summed E-state index contributed by atoms with van der Waals surface area (Å²) < 4.78 is 5.80. The minimum atomic E-state index is -0.410. The van der Waals surface area contributed by atoms with Crippen molar-refractivity contribution in [3.05, 3.63) is 11.3 Å². The molecular formula is C14H23NO3. The Bertz CT molecular complexity index is 377. The molecule has 1 fully saturated rings. The largest absolute Gasteiger partial charge is 0.454 e. The second kappa shape index (κ2) is 4.92.